The van der Waals surface area contributed by atoms with Crippen molar-refractivity contribution in [1.82, 2.24) is 36.1 Å². The third kappa shape index (κ3) is 23.4. The van der Waals surface area contributed by atoms with Crippen LogP contribution in [0, 0.1) is 11.7 Å². The molecule has 7 N–H and O–H groups in total. The van der Waals surface area contributed by atoms with Crippen LogP contribution in [0.2, 0.25) is 5.02 Å². The van der Waals surface area contributed by atoms with Gasteiger partial charge in [-0.3, -0.25) is 19.2 Å². The van der Waals surface area contributed by atoms with Gasteiger partial charge in [0.2, 0.25) is 23.6 Å². The first kappa shape index (κ1) is 59.4. The normalized spacial score (nSPS) is 16.0. The van der Waals surface area contributed by atoms with Crippen LogP contribution in [0.3, 0.4) is 0 Å². The van der Waals surface area contributed by atoms with Gasteiger partial charge >= 0.3 is 0 Å². The maximum Gasteiger partial charge on any atom is 0.248 e. The Morgan fingerprint density at radius 3 is 2.23 bits per heavy atom. The summed E-state index contributed by atoms with van der Waals surface area (Å²) in [7, 11) is 3.53. The van der Waals surface area contributed by atoms with Crippen LogP contribution in [0.15, 0.2) is 73.2 Å². The van der Waals surface area contributed by atoms with Crippen molar-refractivity contribution in [2.75, 3.05) is 108 Å². The molecular weight excluding hydrogens is 991 g/mol. The SMILES string of the molecule is C=C(CCCC(=O)NCCCCN(C)C/C=C/C(=O)Nc1ccc(OC)c(Nc2cc(Nc3ccc(F)c(Cl)c3)ncn2)c1)NCCCOCCOCCOCCCNC(=O)CCCCC1SC[C@@H]2NC(=O)C[C@H]12. The number of aromatic nitrogens is 2. The fourth-order valence-electron chi connectivity index (χ4n) is 8.26. The molecule has 0 bridgehead atoms. The monoisotopic (exact) mass is 1070 g/mol. The molecule has 406 valence electrons. The van der Waals surface area contributed by atoms with Gasteiger partial charge in [-0.25, -0.2) is 14.4 Å². The minimum atomic E-state index is -0.517. The minimum absolute atomic E-state index is 0.0110. The third-order valence-corrected chi connectivity index (χ3v) is 14.1. The molecule has 2 saturated heterocycles. The van der Waals surface area contributed by atoms with Crippen molar-refractivity contribution in [1.29, 1.82) is 0 Å². The Labute approximate surface area is 444 Å². The second-order valence-electron chi connectivity index (χ2n) is 18.2. The third-order valence-electron chi connectivity index (χ3n) is 12.2. The van der Waals surface area contributed by atoms with E-state index in [4.69, 9.17) is 30.5 Å². The summed E-state index contributed by atoms with van der Waals surface area (Å²) in [6, 6.07) is 11.5. The zero-order valence-electron chi connectivity index (χ0n) is 43.0. The molecule has 2 aromatic carbocycles. The summed E-state index contributed by atoms with van der Waals surface area (Å²) in [6.07, 6.45) is 14.1. The number of methoxy groups -OCH3 is 1. The molecule has 18 nitrogen and oxygen atoms in total. The molecule has 1 unspecified atom stereocenters. The van der Waals surface area contributed by atoms with Crippen molar-refractivity contribution in [2.24, 2.45) is 5.92 Å². The van der Waals surface area contributed by atoms with Crippen LogP contribution in [0.4, 0.5) is 33.1 Å². The van der Waals surface area contributed by atoms with Crippen molar-refractivity contribution in [3.8, 4) is 5.75 Å². The molecule has 21 heteroatoms. The van der Waals surface area contributed by atoms with Gasteiger partial charge in [-0.15, -0.1) is 0 Å². The topological polar surface area (TPSA) is 218 Å². The number of anilines is 5. The number of nitrogens with one attached hydrogen (secondary N) is 7. The summed E-state index contributed by atoms with van der Waals surface area (Å²) in [5.74, 6) is 2.43. The number of nitrogens with zero attached hydrogens (tertiary/aromatic N) is 3. The number of hydrogen-bond donors (Lipinski definition) is 7. The summed E-state index contributed by atoms with van der Waals surface area (Å²) in [5.41, 5.74) is 2.58. The number of amides is 4. The van der Waals surface area contributed by atoms with Gasteiger partial charge in [-0.1, -0.05) is 30.7 Å². The lowest BCUT2D eigenvalue weighted by Crippen LogP contribution is -2.29. The summed E-state index contributed by atoms with van der Waals surface area (Å²) < 4.78 is 36.0. The van der Waals surface area contributed by atoms with E-state index in [-0.39, 0.29) is 28.7 Å². The van der Waals surface area contributed by atoms with E-state index in [2.05, 4.69) is 58.7 Å². The minimum Gasteiger partial charge on any atom is -0.495 e. The lowest BCUT2D eigenvalue weighted by Gasteiger charge is -2.15. The predicted molar refractivity (Wildman–Crippen MR) is 291 cm³/mol. The molecule has 2 fully saturated rings. The van der Waals surface area contributed by atoms with E-state index in [1.807, 2.05) is 18.8 Å². The number of allylic oxidation sites excluding steroid dienone is 1. The molecule has 3 aromatic rings. The number of benzene rings is 2. The zero-order valence-corrected chi connectivity index (χ0v) is 44.5. The average Bonchev–Trinajstić information content (AvgIpc) is 3.94. The highest BCUT2D eigenvalue weighted by Crippen LogP contribution is 2.40. The van der Waals surface area contributed by atoms with Crippen molar-refractivity contribution in [3.63, 3.8) is 0 Å². The Hall–Kier alpha value is -5.51. The van der Waals surface area contributed by atoms with Crippen molar-refractivity contribution >= 4 is 75.7 Å². The number of likely N-dealkylation sites (N-methyl/N-ethyl adjacent to an activating group) is 1. The first-order valence-corrected chi connectivity index (χ1v) is 27.1. The molecule has 5 rings (SSSR count). The molecule has 2 aliphatic heterocycles. The number of unbranched alkanes of at least 4 members (excludes halogenated alkanes) is 2. The second-order valence-corrected chi connectivity index (χ2v) is 19.9. The molecule has 0 spiro atoms. The van der Waals surface area contributed by atoms with Gasteiger partial charge in [-0.2, -0.15) is 11.8 Å². The number of rotatable bonds is 38. The van der Waals surface area contributed by atoms with Crippen molar-refractivity contribution in [3.05, 3.63) is 84.1 Å². The quantitative estimate of drug-likeness (QED) is 0.0219. The Kier molecular flexibility index (Phi) is 27.4. The molecule has 3 atom stereocenters. The number of thioether (sulfide) groups is 1. The fraction of sp³-hybridized carbons (Fsp3) is 0.547. The Bertz CT molecular complexity index is 2270. The van der Waals surface area contributed by atoms with Gasteiger partial charge in [0, 0.05) is 111 Å². The second kappa shape index (κ2) is 34.1. The fourth-order valence-corrected chi connectivity index (χ4v) is 10.1. The zero-order chi connectivity index (χ0) is 52.8. The van der Waals surface area contributed by atoms with E-state index in [0.29, 0.717) is 130 Å². The van der Waals surface area contributed by atoms with E-state index in [1.54, 1.807) is 43.5 Å². The van der Waals surface area contributed by atoms with Crippen molar-refractivity contribution in [2.45, 2.75) is 88.3 Å². The van der Waals surface area contributed by atoms with E-state index in [0.717, 1.165) is 82.3 Å². The molecule has 0 radical (unpaired) electrons. The van der Waals surface area contributed by atoms with Crippen LogP contribution < -0.4 is 42.0 Å². The molecular formula is C53H76ClFN10O8S. The van der Waals surface area contributed by atoms with Gasteiger partial charge in [0.15, 0.2) is 0 Å². The molecule has 74 heavy (non-hydrogen) atoms. The lowest BCUT2D eigenvalue weighted by molar-refractivity contribution is -0.122. The predicted octanol–water partition coefficient (Wildman–Crippen LogP) is 7.49. The van der Waals surface area contributed by atoms with Gasteiger partial charge in [0.05, 0.1) is 44.2 Å². The molecule has 1 aromatic heterocycles. The smallest absolute Gasteiger partial charge is 0.248 e. The summed E-state index contributed by atoms with van der Waals surface area (Å²) in [4.78, 5) is 59.5. The number of halogens is 2. The number of ether oxygens (including phenoxy) is 4. The number of carbonyl (C=O) groups is 4. The molecule has 0 aliphatic carbocycles. The van der Waals surface area contributed by atoms with Crippen LogP contribution in [0.25, 0.3) is 0 Å². The summed E-state index contributed by atoms with van der Waals surface area (Å²) in [6.45, 7) is 10.6. The molecule has 3 heterocycles. The number of hydrogen-bond acceptors (Lipinski definition) is 15. The van der Waals surface area contributed by atoms with Gasteiger partial charge in [0.1, 0.15) is 29.5 Å². The standard InChI is InChI=1S/C53H76ClFN10O8S/c1-38(56-22-10-26-71-28-30-73-31-29-72-27-11-23-58-50(66)14-5-4-13-47-41-34-53(69)64-45(41)36-74-47)12-8-15-51(67)57-21-6-7-24-65(2)25-9-16-52(68)62-40-18-20-46(70-3)44(33-40)63-49-35-48(59-37-60-49)61-39-17-19-43(55)42(54)32-39/h9,16-20,32-33,35,37,41,45,47,56H,1,4-8,10-15,21-31,34,36H2,2-3H3,(H,57,67)(H,58,66)(H,62,68)(H,64,69)(H2,59,60,61,63)/b16-9+/t41-,45-,47?/m0/s1. The Morgan fingerprint density at radius 1 is 0.824 bits per heavy atom. The van der Waals surface area contributed by atoms with Gasteiger partial charge in [0.25, 0.3) is 0 Å². The highest BCUT2D eigenvalue weighted by Gasteiger charge is 2.42. The largest absolute Gasteiger partial charge is 0.495 e. The van der Waals surface area contributed by atoms with Crippen molar-refractivity contribution < 1.29 is 42.5 Å². The molecule has 2 aliphatic rings. The summed E-state index contributed by atoms with van der Waals surface area (Å²) >= 11 is 7.87. The van der Waals surface area contributed by atoms with E-state index >= 15 is 0 Å². The summed E-state index contributed by atoms with van der Waals surface area (Å²) in [5, 5.41) is 22.0. The van der Waals surface area contributed by atoms with E-state index in [1.165, 1.54) is 24.5 Å². The maximum atomic E-state index is 13.6. The highest BCUT2D eigenvalue weighted by molar-refractivity contribution is 8.00. The van der Waals surface area contributed by atoms with Crippen LogP contribution in [0.5, 0.6) is 5.75 Å². The first-order valence-electron chi connectivity index (χ1n) is 25.7. The molecule has 0 saturated carbocycles. The van der Waals surface area contributed by atoms with Crippen LogP contribution >= 0.6 is 23.4 Å². The molecule has 4 amide bonds. The van der Waals surface area contributed by atoms with Gasteiger partial charge < -0.3 is 61.1 Å². The average molecular weight is 1070 g/mol. The highest BCUT2D eigenvalue weighted by atomic mass is 35.5. The van der Waals surface area contributed by atoms with E-state index < -0.39 is 5.82 Å². The number of fused-ring (bicyclic) bond motifs is 1. The Balaban J connectivity index is 0.771. The lowest BCUT2D eigenvalue weighted by atomic mass is 9.94. The van der Waals surface area contributed by atoms with Crippen LogP contribution in [-0.4, -0.2) is 142 Å². The van der Waals surface area contributed by atoms with Gasteiger partial charge in [-0.05, 0) is 101 Å². The first-order chi connectivity index (χ1) is 35.9. The van der Waals surface area contributed by atoms with Crippen LogP contribution in [0.1, 0.15) is 77.0 Å². The Morgan fingerprint density at radius 2 is 1.50 bits per heavy atom. The number of carbonyl (C=O) groups excluding carboxylic acids is 4. The maximum absolute atomic E-state index is 13.6. The van der Waals surface area contributed by atoms with E-state index in [9.17, 15) is 23.6 Å². The van der Waals surface area contributed by atoms with Crippen LogP contribution in [-0.2, 0) is 33.4 Å².